The molecule has 0 saturated heterocycles. The molecule has 110 valence electrons. The number of hydrogen-bond donors (Lipinski definition) is 2. The van der Waals surface area contributed by atoms with Gasteiger partial charge in [-0.15, -0.1) is 0 Å². The van der Waals surface area contributed by atoms with Crippen molar-refractivity contribution in [3.8, 4) is 0 Å². The van der Waals surface area contributed by atoms with Crippen LogP contribution in [0.4, 0.5) is 4.39 Å². The minimum absolute atomic E-state index is 0.0268. The van der Waals surface area contributed by atoms with Crippen LogP contribution in [0.2, 0.25) is 5.02 Å². The Labute approximate surface area is 127 Å². The van der Waals surface area contributed by atoms with Crippen molar-refractivity contribution in [3.63, 3.8) is 0 Å². The third-order valence-corrected chi connectivity index (χ3v) is 3.55. The fraction of sp³-hybridized carbons (Fsp3) is 0.188. The number of nitrogens with two attached hydrogens (primary N) is 1. The summed E-state index contributed by atoms with van der Waals surface area (Å²) in [6.45, 7) is 2.27. The van der Waals surface area contributed by atoms with Gasteiger partial charge in [-0.1, -0.05) is 23.7 Å². The number of carbonyl (C=O) groups is 1. The maximum absolute atomic E-state index is 13.7. The van der Waals surface area contributed by atoms with E-state index in [-0.39, 0.29) is 11.9 Å². The van der Waals surface area contributed by atoms with E-state index in [9.17, 15) is 9.18 Å². The van der Waals surface area contributed by atoms with E-state index >= 15 is 0 Å². The van der Waals surface area contributed by atoms with Crippen LogP contribution >= 0.6 is 11.6 Å². The summed E-state index contributed by atoms with van der Waals surface area (Å²) in [5, 5.41) is 3.88. The molecule has 0 radical (unpaired) electrons. The Kier molecular flexibility index (Phi) is 4.94. The van der Waals surface area contributed by atoms with Crippen LogP contribution in [-0.4, -0.2) is 5.91 Å². The van der Waals surface area contributed by atoms with Gasteiger partial charge in [-0.3, -0.25) is 4.79 Å². The van der Waals surface area contributed by atoms with Gasteiger partial charge in [-0.2, -0.15) is 0 Å². The standard InChI is InChI=1S/C16H16ClFN2O/c1-10(11-2-5-14(17)6-3-11)20-9-13-8-12(16(19)21)4-7-15(13)18/h2-8,10,20H,9H2,1H3,(H2,19,21). The molecule has 0 bridgehead atoms. The Hall–Kier alpha value is -1.91. The number of carbonyl (C=O) groups excluding carboxylic acids is 1. The smallest absolute Gasteiger partial charge is 0.248 e. The van der Waals surface area contributed by atoms with E-state index in [1.165, 1.54) is 18.2 Å². The molecule has 0 saturated carbocycles. The van der Waals surface area contributed by atoms with Gasteiger partial charge in [0.15, 0.2) is 0 Å². The van der Waals surface area contributed by atoms with Crippen LogP contribution in [0.25, 0.3) is 0 Å². The highest BCUT2D eigenvalue weighted by Gasteiger charge is 2.09. The van der Waals surface area contributed by atoms with Crippen LogP contribution in [0, 0.1) is 5.82 Å². The van der Waals surface area contributed by atoms with E-state index in [2.05, 4.69) is 5.32 Å². The number of rotatable bonds is 5. The second kappa shape index (κ2) is 6.70. The molecule has 1 atom stereocenters. The maximum atomic E-state index is 13.7. The van der Waals surface area contributed by atoms with Gasteiger partial charge in [-0.25, -0.2) is 4.39 Å². The summed E-state index contributed by atoms with van der Waals surface area (Å²) in [4.78, 5) is 11.1. The van der Waals surface area contributed by atoms with E-state index in [4.69, 9.17) is 17.3 Å². The van der Waals surface area contributed by atoms with Crippen molar-refractivity contribution in [2.45, 2.75) is 19.5 Å². The molecule has 2 aromatic rings. The summed E-state index contributed by atoms with van der Waals surface area (Å²) in [7, 11) is 0. The molecule has 21 heavy (non-hydrogen) atoms. The van der Waals surface area contributed by atoms with Crippen molar-refractivity contribution in [3.05, 3.63) is 70.0 Å². The lowest BCUT2D eigenvalue weighted by Gasteiger charge is -2.15. The van der Waals surface area contributed by atoms with Crippen molar-refractivity contribution >= 4 is 17.5 Å². The molecular weight excluding hydrogens is 291 g/mol. The Morgan fingerprint density at radius 1 is 1.29 bits per heavy atom. The summed E-state index contributed by atoms with van der Waals surface area (Å²) >= 11 is 5.84. The van der Waals surface area contributed by atoms with E-state index in [1.54, 1.807) is 0 Å². The van der Waals surface area contributed by atoms with Gasteiger partial charge in [0.2, 0.25) is 5.91 Å². The highest BCUT2D eigenvalue weighted by atomic mass is 35.5. The minimum atomic E-state index is -0.568. The minimum Gasteiger partial charge on any atom is -0.366 e. The summed E-state index contributed by atoms with van der Waals surface area (Å²) < 4.78 is 13.7. The average Bonchev–Trinajstić information content (AvgIpc) is 2.46. The molecule has 1 amide bonds. The molecule has 2 rings (SSSR count). The van der Waals surface area contributed by atoms with Crippen LogP contribution in [-0.2, 0) is 6.54 Å². The highest BCUT2D eigenvalue weighted by molar-refractivity contribution is 6.30. The molecule has 0 aliphatic heterocycles. The van der Waals surface area contributed by atoms with Crippen molar-refractivity contribution in [1.29, 1.82) is 0 Å². The molecule has 0 aromatic heterocycles. The Bertz CT molecular complexity index is 643. The van der Waals surface area contributed by atoms with Gasteiger partial charge in [-0.05, 0) is 42.8 Å². The molecule has 5 heteroatoms. The lowest BCUT2D eigenvalue weighted by molar-refractivity contribution is 0.1000. The van der Waals surface area contributed by atoms with Crippen LogP contribution in [0.15, 0.2) is 42.5 Å². The molecule has 2 aromatic carbocycles. The molecule has 0 fully saturated rings. The van der Waals surface area contributed by atoms with Crippen molar-refractivity contribution in [2.75, 3.05) is 0 Å². The fourth-order valence-electron chi connectivity index (χ4n) is 2.00. The number of amides is 1. The van der Waals surface area contributed by atoms with E-state index in [1.807, 2.05) is 31.2 Å². The maximum Gasteiger partial charge on any atom is 0.248 e. The second-order valence-electron chi connectivity index (χ2n) is 4.82. The first-order chi connectivity index (χ1) is 9.97. The van der Waals surface area contributed by atoms with Gasteiger partial charge < -0.3 is 11.1 Å². The Balaban J connectivity index is 2.07. The number of halogens is 2. The van der Waals surface area contributed by atoms with Crippen molar-refractivity contribution < 1.29 is 9.18 Å². The summed E-state index contributed by atoms with van der Waals surface area (Å²) in [6, 6.07) is 11.6. The second-order valence-corrected chi connectivity index (χ2v) is 5.26. The molecule has 0 aliphatic carbocycles. The average molecular weight is 307 g/mol. The van der Waals surface area contributed by atoms with Crippen LogP contribution < -0.4 is 11.1 Å². The van der Waals surface area contributed by atoms with E-state index in [0.29, 0.717) is 22.7 Å². The van der Waals surface area contributed by atoms with Gasteiger partial charge >= 0.3 is 0 Å². The largest absolute Gasteiger partial charge is 0.366 e. The lowest BCUT2D eigenvalue weighted by atomic mass is 10.1. The zero-order valence-electron chi connectivity index (χ0n) is 11.6. The van der Waals surface area contributed by atoms with Crippen LogP contribution in [0.3, 0.4) is 0 Å². The van der Waals surface area contributed by atoms with E-state index < -0.39 is 5.91 Å². The van der Waals surface area contributed by atoms with Crippen LogP contribution in [0.5, 0.6) is 0 Å². The highest BCUT2D eigenvalue weighted by Crippen LogP contribution is 2.17. The third kappa shape index (κ3) is 4.03. The van der Waals surface area contributed by atoms with Crippen molar-refractivity contribution in [1.82, 2.24) is 5.32 Å². The zero-order valence-corrected chi connectivity index (χ0v) is 12.3. The Morgan fingerprint density at radius 3 is 2.57 bits per heavy atom. The first kappa shape index (κ1) is 15.5. The van der Waals surface area contributed by atoms with Gasteiger partial charge in [0.1, 0.15) is 5.82 Å². The van der Waals surface area contributed by atoms with Gasteiger partial charge in [0.25, 0.3) is 0 Å². The number of nitrogens with one attached hydrogen (secondary N) is 1. The SMILES string of the molecule is CC(NCc1cc(C(N)=O)ccc1F)c1ccc(Cl)cc1. The van der Waals surface area contributed by atoms with E-state index in [0.717, 1.165) is 5.56 Å². The molecule has 0 heterocycles. The predicted molar refractivity (Wildman–Crippen MR) is 81.6 cm³/mol. The third-order valence-electron chi connectivity index (χ3n) is 3.30. The predicted octanol–water partition coefficient (Wildman–Crippen LogP) is 3.43. The number of hydrogen-bond acceptors (Lipinski definition) is 2. The first-order valence-electron chi connectivity index (χ1n) is 6.54. The Morgan fingerprint density at radius 2 is 1.95 bits per heavy atom. The molecule has 1 unspecified atom stereocenters. The number of primary amides is 1. The normalized spacial score (nSPS) is 12.1. The molecule has 0 aliphatic rings. The van der Waals surface area contributed by atoms with Crippen LogP contribution in [0.1, 0.15) is 34.5 Å². The molecule has 0 spiro atoms. The zero-order chi connectivity index (χ0) is 15.4. The molecular formula is C16H16ClFN2O. The quantitative estimate of drug-likeness (QED) is 0.889. The monoisotopic (exact) mass is 306 g/mol. The summed E-state index contributed by atoms with van der Waals surface area (Å²) in [5.74, 6) is -0.933. The topological polar surface area (TPSA) is 55.1 Å². The molecule has 3 N–H and O–H groups in total. The first-order valence-corrected chi connectivity index (χ1v) is 6.92. The van der Waals surface area contributed by atoms with Crippen molar-refractivity contribution in [2.24, 2.45) is 5.73 Å². The lowest BCUT2D eigenvalue weighted by Crippen LogP contribution is -2.19. The summed E-state index contributed by atoms with van der Waals surface area (Å²) in [5.41, 5.74) is 6.95. The summed E-state index contributed by atoms with van der Waals surface area (Å²) in [6.07, 6.45) is 0. The number of benzene rings is 2. The fourth-order valence-corrected chi connectivity index (χ4v) is 2.12. The van der Waals surface area contributed by atoms with Gasteiger partial charge in [0, 0.05) is 28.7 Å². The van der Waals surface area contributed by atoms with Gasteiger partial charge in [0.05, 0.1) is 0 Å². The molecule has 3 nitrogen and oxygen atoms in total.